The fourth-order valence-corrected chi connectivity index (χ4v) is 2.66. The Kier molecular flexibility index (Phi) is 6.44. The van der Waals surface area contributed by atoms with Crippen LogP contribution in [0.2, 0.25) is 0 Å². The first-order valence-electron chi connectivity index (χ1n) is 8.70. The summed E-state index contributed by atoms with van der Waals surface area (Å²) in [6.07, 6.45) is -0.508. The van der Waals surface area contributed by atoms with Gasteiger partial charge in [0.1, 0.15) is 0 Å². The molecule has 0 aliphatic heterocycles. The van der Waals surface area contributed by atoms with Gasteiger partial charge in [-0.1, -0.05) is 12.1 Å². The van der Waals surface area contributed by atoms with Crippen LogP contribution in [-0.2, 0) is 24.4 Å². The van der Waals surface area contributed by atoms with E-state index in [-0.39, 0.29) is 6.10 Å². The average Bonchev–Trinajstić information content (AvgIpc) is 2.85. The summed E-state index contributed by atoms with van der Waals surface area (Å²) in [5.74, 6) is 0. The number of ether oxygens (including phenoxy) is 1. The van der Waals surface area contributed by atoms with Crippen molar-refractivity contribution in [2.24, 2.45) is 0 Å². The summed E-state index contributed by atoms with van der Waals surface area (Å²) in [5, 5.41) is 10.7. The number of benzene rings is 1. The molecule has 0 fully saturated rings. The second kappa shape index (κ2) is 8.55. The molecule has 136 valence electrons. The van der Waals surface area contributed by atoms with Gasteiger partial charge in [0.05, 0.1) is 11.8 Å². The summed E-state index contributed by atoms with van der Waals surface area (Å²) in [6.45, 7) is 12.0. The molecule has 1 aromatic heterocycles. The van der Waals surface area contributed by atoms with Crippen LogP contribution in [-0.4, -0.2) is 22.0 Å². The molecule has 1 heterocycles. The summed E-state index contributed by atoms with van der Waals surface area (Å²) >= 11 is 0. The molecule has 0 saturated carbocycles. The topological polar surface area (TPSA) is 68.2 Å². The number of amides is 1. The van der Waals surface area contributed by atoms with Crippen LogP contribution >= 0.6 is 0 Å². The molecule has 0 aliphatic rings. The molecular weight excluding hydrogens is 316 g/mol. The van der Waals surface area contributed by atoms with Crippen LogP contribution < -0.4 is 10.6 Å². The van der Waals surface area contributed by atoms with E-state index in [0.29, 0.717) is 6.54 Å². The zero-order chi connectivity index (χ0) is 18.4. The maximum absolute atomic E-state index is 11.5. The van der Waals surface area contributed by atoms with Gasteiger partial charge in [-0.2, -0.15) is 5.10 Å². The molecule has 0 unspecified atom stereocenters. The molecule has 0 bridgehead atoms. The lowest BCUT2D eigenvalue weighted by molar-refractivity contribution is 0.115. The van der Waals surface area contributed by atoms with E-state index in [1.807, 2.05) is 49.7 Å². The van der Waals surface area contributed by atoms with Gasteiger partial charge in [-0.05, 0) is 52.3 Å². The van der Waals surface area contributed by atoms with Crippen molar-refractivity contribution in [1.82, 2.24) is 15.1 Å². The van der Waals surface area contributed by atoms with Crippen LogP contribution in [0.5, 0.6) is 0 Å². The highest BCUT2D eigenvalue weighted by Gasteiger charge is 2.10. The monoisotopic (exact) mass is 344 g/mol. The van der Waals surface area contributed by atoms with Crippen molar-refractivity contribution in [3.05, 3.63) is 46.8 Å². The van der Waals surface area contributed by atoms with Gasteiger partial charge in [0.25, 0.3) is 0 Å². The molecule has 0 spiro atoms. The van der Waals surface area contributed by atoms with E-state index < -0.39 is 6.09 Å². The summed E-state index contributed by atoms with van der Waals surface area (Å²) < 4.78 is 7.07. The van der Waals surface area contributed by atoms with E-state index in [0.717, 1.165) is 30.0 Å². The smallest absolute Gasteiger partial charge is 0.407 e. The molecule has 6 nitrogen and oxygen atoms in total. The predicted octanol–water partition coefficient (Wildman–Crippen LogP) is 3.77. The maximum Gasteiger partial charge on any atom is 0.407 e. The Balaban J connectivity index is 1.88. The number of aryl methyl sites for hydroxylation is 2. The number of hydrogen-bond acceptors (Lipinski definition) is 4. The molecule has 1 amide bonds. The third-order valence-corrected chi connectivity index (χ3v) is 4.03. The van der Waals surface area contributed by atoms with Gasteiger partial charge >= 0.3 is 6.09 Å². The molecule has 2 aromatic rings. The standard InChI is InChI=1S/C19H28N4O2/c1-6-23-15(5)18(14(4)22-23)12-20-17-9-7-16(8-10-17)11-21-19(24)25-13(2)3/h7-10,13,20H,6,11-12H2,1-5H3,(H,21,24). The molecule has 25 heavy (non-hydrogen) atoms. The van der Waals surface area contributed by atoms with Crippen molar-refractivity contribution in [2.75, 3.05) is 5.32 Å². The number of aromatic nitrogens is 2. The zero-order valence-corrected chi connectivity index (χ0v) is 15.7. The Morgan fingerprint density at radius 2 is 1.88 bits per heavy atom. The number of nitrogens with one attached hydrogen (secondary N) is 2. The normalized spacial score (nSPS) is 10.8. The van der Waals surface area contributed by atoms with E-state index in [1.54, 1.807) is 0 Å². The quantitative estimate of drug-likeness (QED) is 0.802. The van der Waals surface area contributed by atoms with E-state index >= 15 is 0 Å². The highest BCUT2D eigenvalue weighted by molar-refractivity contribution is 5.67. The summed E-state index contributed by atoms with van der Waals surface area (Å²) in [6, 6.07) is 8.01. The Bertz CT molecular complexity index is 705. The second-order valence-electron chi connectivity index (χ2n) is 6.32. The van der Waals surface area contributed by atoms with Crippen molar-refractivity contribution in [3.8, 4) is 0 Å². The lowest BCUT2D eigenvalue weighted by Gasteiger charge is -2.11. The number of rotatable bonds is 7. The minimum absolute atomic E-state index is 0.115. The van der Waals surface area contributed by atoms with Crippen molar-refractivity contribution in [3.63, 3.8) is 0 Å². The number of carbonyl (C=O) groups is 1. The van der Waals surface area contributed by atoms with E-state index in [4.69, 9.17) is 4.74 Å². The molecule has 6 heteroatoms. The van der Waals surface area contributed by atoms with Crippen molar-refractivity contribution < 1.29 is 9.53 Å². The van der Waals surface area contributed by atoms with Crippen LogP contribution in [0, 0.1) is 13.8 Å². The fourth-order valence-electron chi connectivity index (χ4n) is 2.66. The van der Waals surface area contributed by atoms with E-state index in [9.17, 15) is 4.79 Å². The van der Waals surface area contributed by atoms with E-state index in [1.165, 1.54) is 11.3 Å². The Morgan fingerprint density at radius 3 is 2.44 bits per heavy atom. The maximum atomic E-state index is 11.5. The van der Waals surface area contributed by atoms with Crippen LogP contribution in [0.25, 0.3) is 0 Å². The predicted molar refractivity (Wildman–Crippen MR) is 99.6 cm³/mol. The Morgan fingerprint density at radius 1 is 1.20 bits per heavy atom. The lowest BCUT2D eigenvalue weighted by atomic mass is 10.1. The van der Waals surface area contributed by atoms with Crippen LogP contribution in [0.4, 0.5) is 10.5 Å². The van der Waals surface area contributed by atoms with Gasteiger partial charge < -0.3 is 15.4 Å². The third kappa shape index (κ3) is 5.24. The number of nitrogens with zero attached hydrogens (tertiary/aromatic N) is 2. The van der Waals surface area contributed by atoms with Gasteiger partial charge in [0.2, 0.25) is 0 Å². The van der Waals surface area contributed by atoms with E-state index in [2.05, 4.69) is 29.6 Å². The molecule has 2 N–H and O–H groups in total. The first-order chi connectivity index (χ1) is 11.9. The molecule has 0 radical (unpaired) electrons. The fraction of sp³-hybridized carbons (Fsp3) is 0.474. The SMILES string of the molecule is CCn1nc(C)c(CNc2ccc(CNC(=O)OC(C)C)cc2)c1C. The Labute approximate surface area is 149 Å². The van der Waals surface area contributed by atoms with Crippen LogP contribution in [0.3, 0.4) is 0 Å². The molecule has 1 aromatic carbocycles. The molecule has 2 rings (SSSR count). The average molecular weight is 344 g/mol. The van der Waals surface area contributed by atoms with Crippen LogP contribution in [0.1, 0.15) is 43.3 Å². The van der Waals surface area contributed by atoms with Gasteiger partial charge in [0.15, 0.2) is 0 Å². The molecule has 0 saturated heterocycles. The Hall–Kier alpha value is -2.50. The number of carbonyl (C=O) groups excluding carboxylic acids is 1. The van der Waals surface area contributed by atoms with Crippen molar-refractivity contribution >= 4 is 11.8 Å². The molecule has 0 aliphatic carbocycles. The third-order valence-electron chi connectivity index (χ3n) is 4.03. The number of alkyl carbamates (subject to hydrolysis) is 1. The lowest BCUT2D eigenvalue weighted by Crippen LogP contribution is -2.26. The number of hydrogen-bond donors (Lipinski definition) is 2. The molecular formula is C19H28N4O2. The van der Waals surface area contributed by atoms with Gasteiger partial charge in [-0.3, -0.25) is 4.68 Å². The van der Waals surface area contributed by atoms with Gasteiger partial charge in [-0.25, -0.2) is 4.79 Å². The number of anilines is 1. The van der Waals surface area contributed by atoms with Gasteiger partial charge in [-0.15, -0.1) is 0 Å². The summed E-state index contributed by atoms with van der Waals surface area (Å²) in [5.41, 5.74) is 5.58. The molecule has 0 atom stereocenters. The minimum atomic E-state index is -0.393. The van der Waals surface area contributed by atoms with Crippen molar-refractivity contribution in [2.45, 2.75) is 60.4 Å². The first-order valence-corrected chi connectivity index (χ1v) is 8.70. The highest BCUT2D eigenvalue weighted by atomic mass is 16.6. The summed E-state index contributed by atoms with van der Waals surface area (Å²) in [4.78, 5) is 11.5. The summed E-state index contributed by atoms with van der Waals surface area (Å²) in [7, 11) is 0. The minimum Gasteiger partial charge on any atom is -0.447 e. The van der Waals surface area contributed by atoms with Gasteiger partial charge in [0, 0.05) is 36.6 Å². The van der Waals surface area contributed by atoms with Crippen molar-refractivity contribution in [1.29, 1.82) is 0 Å². The zero-order valence-electron chi connectivity index (χ0n) is 15.7. The highest BCUT2D eigenvalue weighted by Crippen LogP contribution is 2.16. The first kappa shape index (κ1) is 18.8. The van der Waals surface area contributed by atoms with Crippen LogP contribution in [0.15, 0.2) is 24.3 Å². The largest absolute Gasteiger partial charge is 0.447 e. The second-order valence-corrected chi connectivity index (χ2v) is 6.32.